The van der Waals surface area contributed by atoms with Crippen LogP contribution in [0.15, 0.2) is 60.8 Å². The zero-order valence-corrected chi connectivity index (χ0v) is 19.5. The van der Waals surface area contributed by atoms with Crippen LogP contribution in [0.3, 0.4) is 0 Å². The molecule has 186 valence electrons. The number of benzene rings is 2. The molecule has 0 saturated heterocycles. The summed E-state index contributed by atoms with van der Waals surface area (Å²) in [6, 6.07) is 16.4. The molecule has 6 rings (SSSR count). The molecule has 10 heteroatoms. The molecule has 0 fully saturated rings. The zero-order chi connectivity index (χ0) is 24.5. The lowest BCUT2D eigenvalue weighted by Gasteiger charge is -2.32. The molecule has 0 unspecified atom stereocenters. The summed E-state index contributed by atoms with van der Waals surface area (Å²) in [6.07, 6.45) is 1.68. The Hall–Kier alpha value is -3.86. The number of aliphatic hydroxyl groups excluding tert-OH is 2. The van der Waals surface area contributed by atoms with Gasteiger partial charge in [-0.05, 0) is 47.5 Å². The molecule has 10 nitrogen and oxygen atoms in total. The van der Waals surface area contributed by atoms with E-state index in [-0.39, 0.29) is 32.8 Å². The molecule has 2 N–H and O–H groups in total. The number of nitrogens with zero attached hydrogens (tertiary/aromatic N) is 4. The third kappa shape index (κ3) is 4.30. The molecule has 36 heavy (non-hydrogen) atoms. The normalized spacial score (nSPS) is 15.5. The van der Waals surface area contributed by atoms with Crippen LogP contribution in [0.1, 0.15) is 29.1 Å². The zero-order valence-electron chi connectivity index (χ0n) is 19.5. The molecule has 0 spiro atoms. The van der Waals surface area contributed by atoms with Gasteiger partial charge in [0.1, 0.15) is 5.82 Å². The van der Waals surface area contributed by atoms with Crippen LogP contribution in [0.25, 0.3) is 5.65 Å². The van der Waals surface area contributed by atoms with Crippen molar-refractivity contribution in [1.29, 1.82) is 0 Å². The number of aromatic nitrogens is 3. The number of hydrogen-bond donors (Lipinski definition) is 2. The van der Waals surface area contributed by atoms with Gasteiger partial charge in [0.25, 0.3) is 0 Å². The van der Waals surface area contributed by atoms with Gasteiger partial charge in [0, 0.05) is 25.7 Å². The first-order valence-corrected chi connectivity index (χ1v) is 11.8. The maximum Gasteiger partial charge on any atom is 0.231 e. The van der Waals surface area contributed by atoms with E-state index in [0.717, 1.165) is 17.0 Å². The molecule has 0 radical (unpaired) electrons. The van der Waals surface area contributed by atoms with E-state index in [9.17, 15) is 10.2 Å². The highest BCUT2D eigenvalue weighted by Gasteiger charge is 2.26. The van der Waals surface area contributed by atoms with Crippen molar-refractivity contribution in [2.45, 2.75) is 18.6 Å². The maximum absolute atomic E-state index is 11.2. The van der Waals surface area contributed by atoms with Gasteiger partial charge >= 0.3 is 0 Å². The number of pyridine rings is 1. The van der Waals surface area contributed by atoms with Gasteiger partial charge in [-0.3, -0.25) is 9.30 Å². The Balaban J connectivity index is 1.28. The minimum Gasteiger partial charge on any atom is -0.454 e. The fraction of sp³-hybridized carbons (Fsp3) is 0.308. The van der Waals surface area contributed by atoms with Crippen LogP contribution in [0, 0.1) is 0 Å². The van der Waals surface area contributed by atoms with Gasteiger partial charge in [-0.2, -0.15) is 0 Å². The third-order valence-electron chi connectivity index (χ3n) is 6.59. The van der Waals surface area contributed by atoms with Crippen molar-refractivity contribution < 1.29 is 29.2 Å². The van der Waals surface area contributed by atoms with Crippen LogP contribution in [-0.2, 0) is 6.42 Å². The van der Waals surface area contributed by atoms with Gasteiger partial charge in [-0.25, -0.2) is 0 Å². The number of aliphatic hydroxyl groups is 2. The molecular weight excluding hydrogens is 464 g/mol. The summed E-state index contributed by atoms with van der Waals surface area (Å²) in [5.41, 5.74) is 2.35. The second-order valence-corrected chi connectivity index (χ2v) is 8.73. The van der Waals surface area contributed by atoms with E-state index in [4.69, 9.17) is 18.9 Å². The first-order chi connectivity index (χ1) is 17.7. The Kier molecular flexibility index (Phi) is 6.06. The van der Waals surface area contributed by atoms with E-state index in [1.165, 1.54) is 0 Å². The van der Waals surface area contributed by atoms with Crippen molar-refractivity contribution in [2.75, 3.05) is 33.3 Å². The summed E-state index contributed by atoms with van der Waals surface area (Å²) >= 11 is 0. The second kappa shape index (κ2) is 9.65. The molecule has 2 aromatic carbocycles. The summed E-state index contributed by atoms with van der Waals surface area (Å²) < 4.78 is 23.8. The molecule has 2 aliphatic rings. The number of rotatable bonds is 9. The lowest BCUT2D eigenvalue weighted by atomic mass is 10.0. The van der Waals surface area contributed by atoms with E-state index in [1.54, 1.807) is 12.1 Å². The van der Waals surface area contributed by atoms with E-state index in [1.807, 2.05) is 53.1 Å². The van der Waals surface area contributed by atoms with Gasteiger partial charge in [-0.15, -0.1) is 10.2 Å². The molecule has 0 bridgehead atoms. The highest BCUT2D eigenvalue weighted by atomic mass is 16.7. The first-order valence-electron chi connectivity index (χ1n) is 11.8. The van der Waals surface area contributed by atoms with Crippen molar-refractivity contribution in [2.24, 2.45) is 0 Å². The van der Waals surface area contributed by atoms with E-state index in [2.05, 4.69) is 15.1 Å². The van der Waals surface area contributed by atoms with Crippen LogP contribution in [0.4, 0.5) is 0 Å². The second-order valence-electron chi connectivity index (χ2n) is 8.73. The molecular formula is C26H26N4O6. The van der Waals surface area contributed by atoms with E-state index < -0.39 is 6.10 Å². The van der Waals surface area contributed by atoms with Crippen LogP contribution in [0.5, 0.6) is 23.0 Å². The minimum absolute atomic E-state index is 0.145. The predicted molar refractivity (Wildman–Crippen MR) is 128 cm³/mol. The highest BCUT2D eigenvalue weighted by molar-refractivity contribution is 5.46. The van der Waals surface area contributed by atoms with Crippen molar-refractivity contribution in [1.82, 2.24) is 19.5 Å². The van der Waals surface area contributed by atoms with Gasteiger partial charge in [-0.1, -0.05) is 18.2 Å². The van der Waals surface area contributed by atoms with Crippen molar-refractivity contribution >= 4 is 5.65 Å². The Morgan fingerprint density at radius 1 is 0.861 bits per heavy atom. The molecule has 0 amide bonds. The van der Waals surface area contributed by atoms with Crippen molar-refractivity contribution in [3.8, 4) is 23.0 Å². The van der Waals surface area contributed by atoms with Gasteiger partial charge in [0.05, 0.1) is 18.8 Å². The third-order valence-corrected chi connectivity index (χ3v) is 6.59. The summed E-state index contributed by atoms with van der Waals surface area (Å²) in [6.45, 7) is 1.00. The van der Waals surface area contributed by atoms with Crippen LogP contribution in [-0.4, -0.2) is 63.0 Å². The average Bonchev–Trinajstić information content (AvgIpc) is 3.66. The molecule has 4 aromatic rings. The van der Waals surface area contributed by atoms with E-state index >= 15 is 0 Å². The smallest absolute Gasteiger partial charge is 0.231 e. The molecule has 2 aromatic heterocycles. The van der Waals surface area contributed by atoms with Gasteiger partial charge in [0.2, 0.25) is 13.6 Å². The minimum atomic E-state index is -0.822. The monoisotopic (exact) mass is 490 g/mol. The van der Waals surface area contributed by atoms with Crippen LogP contribution < -0.4 is 18.9 Å². The fourth-order valence-corrected chi connectivity index (χ4v) is 4.68. The predicted octanol–water partition coefficient (Wildman–Crippen LogP) is 2.50. The van der Waals surface area contributed by atoms with Gasteiger partial charge in [0.15, 0.2) is 28.6 Å². The fourth-order valence-electron chi connectivity index (χ4n) is 4.68. The Morgan fingerprint density at radius 3 is 2.31 bits per heavy atom. The molecule has 0 aliphatic carbocycles. The topological polar surface area (TPSA) is 111 Å². The number of hydrogen-bond acceptors (Lipinski definition) is 9. The SMILES string of the molecule is OC[C@H](c1ccc2c(c1)OCO2)N(CCc1nnc2ccccn12)C[C@@H](O)c1ccc2c(c1)OCO2. The number of ether oxygens (including phenoxy) is 4. The summed E-state index contributed by atoms with van der Waals surface area (Å²) in [5.74, 6) is 3.40. The lowest BCUT2D eigenvalue weighted by molar-refractivity contribution is 0.0615. The maximum atomic E-state index is 11.2. The van der Waals surface area contributed by atoms with Crippen LogP contribution >= 0.6 is 0 Å². The molecule has 2 aliphatic heterocycles. The average molecular weight is 491 g/mol. The standard InChI is InChI=1S/C26H26N4O6/c31-14-19(17-4-6-21-23(11-17)35-15-33-21)29(10-8-26-28-27-25-3-1-2-9-30(25)26)13-20(32)18-5-7-22-24(12-18)36-16-34-22/h1-7,9,11-12,19-20,31-32H,8,10,13-16H2/t19-,20-/m1/s1. The Bertz CT molecular complexity index is 1380. The lowest BCUT2D eigenvalue weighted by Crippen LogP contribution is -2.36. The molecule has 0 saturated carbocycles. The first kappa shape index (κ1) is 22.6. The summed E-state index contributed by atoms with van der Waals surface area (Å²) in [7, 11) is 0. The Morgan fingerprint density at radius 2 is 1.56 bits per heavy atom. The quantitative estimate of drug-likeness (QED) is 0.366. The number of fused-ring (bicyclic) bond motifs is 3. The summed E-state index contributed by atoms with van der Waals surface area (Å²) in [4.78, 5) is 2.05. The molecule has 4 heterocycles. The van der Waals surface area contributed by atoms with Crippen LogP contribution in [0.2, 0.25) is 0 Å². The van der Waals surface area contributed by atoms with Gasteiger partial charge < -0.3 is 29.2 Å². The summed E-state index contributed by atoms with van der Waals surface area (Å²) in [5, 5.41) is 30.3. The largest absolute Gasteiger partial charge is 0.454 e. The van der Waals surface area contributed by atoms with Crippen molar-refractivity contribution in [3.63, 3.8) is 0 Å². The van der Waals surface area contributed by atoms with E-state index in [0.29, 0.717) is 41.5 Å². The molecule has 2 atom stereocenters. The van der Waals surface area contributed by atoms with Crippen molar-refractivity contribution in [3.05, 3.63) is 77.7 Å². The Labute approximate surface area is 207 Å². The highest BCUT2D eigenvalue weighted by Crippen LogP contribution is 2.37.